The predicted molar refractivity (Wildman–Crippen MR) is 136 cm³/mol. The number of anilines is 1. The number of nitrogens with one attached hydrogen (secondary N) is 2. The molecule has 0 fully saturated rings. The first-order valence-corrected chi connectivity index (χ1v) is 12.0. The summed E-state index contributed by atoms with van der Waals surface area (Å²) < 4.78 is 12.2. The highest BCUT2D eigenvalue weighted by atomic mass is 35.5. The van der Waals surface area contributed by atoms with Gasteiger partial charge in [0.15, 0.2) is 11.0 Å². The Labute approximate surface area is 212 Å². The zero-order valence-corrected chi connectivity index (χ0v) is 21.2. The summed E-state index contributed by atoms with van der Waals surface area (Å²) in [6.45, 7) is 6.02. The van der Waals surface area contributed by atoms with Crippen LogP contribution in [0.25, 0.3) is 0 Å². The van der Waals surface area contributed by atoms with Crippen molar-refractivity contribution in [3.63, 3.8) is 0 Å². The summed E-state index contributed by atoms with van der Waals surface area (Å²) >= 11 is 7.25. The molecule has 35 heavy (non-hydrogen) atoms. The zero-order valence-electron chi connectivity index (χ0n) is 19.6. The molecule has 0 saturated heterocycles. The summed E-state index contributed by atoms with van der Waals surface area (Å²) in [6, 6.07) is 11.4. The Morgan fingerprint density at radius 2 is 1.91 bits per heavy atom. The summed E-state index contributed by atoms with van der Waals surface area (Å²) in [7, 11) is 3.08. The lowest BCUT2D eigenvalue weighted by molar-refractivity contribution is -0.113. The summed E-state index contributed by atoms with van der Waals surface area (Å²) in [5.74, 6) is 1.29. The molecule has 0 saturated carbocycles. The minimum absolute atomic E-state index is 0.0809. The van der Waals surface area contributed by atoms with Crippen LogP contribution in [0.1, 0.15) is 29.1 Å². The summed E-state index contributed by atoms with van der Waals surface area (Å²) in [5.41, 5.74) is 0.976. The third kappa shape index (κ3) is 6.77. The van der Waals surface area contributed by atoms with Gasteiger partial charge >= 0.3 is 0 Å². The van der Waals surface area contributed by atoms with Gasteiger partial charge in [-0.15, -0.1) is 16.8 Å². The Hall–Kier alpha value is -3.50. The minimum atomic E-state index is -0.434. The number of carbonyl (C=O) groups excluding carboxylic acids is 2. The van der Waals surface area contributed by atoms with E-state index < -0.39 is 6.04 Å². The largest absolute Gasteiger partial charge is 0.497 e. The Morgan fingerprint density at radius 3 is 2.57 bits per heavy atom. The molecular weight excluding hydrogens is 490 g/mol. The van der Waals surface area contributed by atoms with Crippen LogP contribution >= 0.6 is 23.4 Å². The molecule has 1 atom stereocenters. The maximum Gasteiger partial charge on any atom is 0.251 e. The van der Waals surface area contributed by atoms with Crippen molar-refractivity contribution in [3.05, 3.63) is 71.5 Å². The molecule has 2 N–H and O–H groups in total. The van der Waals surface area contributed by atoms with Gasteiger partial charge in [-0.1, -0.05) is 29.4 Å². The molecule has 0 unspecified atom stereocenters. The fourth-order valence-electron chi connectivity index (χ4n) is 3.21. The van der Waals surface area contributed by atoms with E-state index in [0.29, 0.717) is 45.3 Å². The number of amides is 2. The number of halogens is 1. The fourth-order valence-corrected chi connectivity index (χ4v) is 4.14. The van der Waals surface area contributed by atoms with Crippen molar-refractivity contribution < 1.29 is 19.1 Å². The van der Waals surface area contributed by atoms with E-state index in [-0.39, 0.29) is 17.6 Å². The minimum Gasteiger partial charge on any atom is -0.497 e. The van der Waals surface area contributed by atoms with Crippen LogP contribution in [0.15, 0.2) is 60.3 Å². The van der Waals surface area contributed by atoms with Crippen LogP contribution in [-0.4, -0.2) is 46.6 Å². The first-order valence-electron chi connectivity index (χ1n) is 10.6. The highest BCUT2D eigenvalue weighted by Gasteiger charge is 2.21. The van der Waals surface area contributed by atoms with Gasteiger partial charge in [0.2, 0.25) is 5.91 Å². The number of thioether (sulfide) groups is 1. The number of methoxy groups -OCH3 is 2. The number of benzene rings is 2. The van der Waals surface area contributed by atoms with Gasteiger partial charge in [0.25, 0.3) is 5.91 Å². The second-order valence-corrected chi connectivity index (χ2v) is 8.72. The fraction of sp³-hybridized carbons (Fsp3) is 0.250. The summed E-state index contributed by atoms with van der Waals surface area (Å²) in [5, 5.41) is 15.2. The number of aromatic nitrogens is 3. The monoisotopic (exact) mass is 515 g/mol. The molecule has 0 bridgehead atoms. The Morgan fingerprint density at radius 1 is 1.17 bits per heavy atom. The highest BCUT2D eigenvalue weighted by molar-refractivity contribution is 7.99. The molecule has 9 nitrogen and oxygen atoms in total. The second kappa shape index (κ2) is 12.3. The molecule has 2 aromatic carbocycles. The van der Waals surface area contributed by atoms with Gasteiger partial charge in [0, 0.05) is 17.1 Å². The number of nitrogens with zero attached hydrogens (tertiary/aromatic N) is 3. The van der Waals surface area contributed by atoms with Crippen molar-refractivity contribution in [2.24, 2.45) is 0 Å². The van der Waals surface area contributed by atoms with Crippen LogP contribution in [0.3, 0.4) is 0 Å². The number of allylic oxidation sites excluding steroid dienone is 1. The molecule has 0 aliphatic rings. The van der Waals surface area contributed by atoms with Crippen molar-refractivity contribution >= 4 is 40.9 Å². The standard InChI is InChI=1S/C24H26ClN5O4S/c1-5-12-30-22(15(2)26-23(32)16-6-9-18(33-3)10-7-16)28-29-24(30)35-14-21(31)27-19-13-17(25)8-11-20(19)34-4/h5-11,13,15H,1,12,14H2,2-4H3,(H,26,32)(H,27,31)/t15-/m1/s1. The number of carbonyl (C=O) groups is 2. The smallest absolute Gasteiger partial charge is 0.251 e. The van der Waals surface area contributed by atoms with Gasteiger partial charge in [0.1, 0.15) is 11.5 Å². The second-order valence-electron chi connectivity index (χ2n) is 7.35. The van der Waals surface area contributed by atoms with E-state index in [2.05, 4.69) is 27.4 Å². The van der Waals surface area contributed by atoms with Gasteiger partial charge in [-0.2, -0.15) is 0 Å². The molecule has 11 heteroatoms. The third-order valence-corrected chi connectivity index (χ3v) is 6.11. The average Bonchev–Trinajstić information content (AvgIpc) is 3.25. The molecule has 0 spiro atoms. The lowest BCUT2D eigenvalue weighted by atomic mass is 10.2. The zero-order chi connectivity index (χ0) is 25.4. The quantitative estimate of drug-likeness (QED) is 0.288. The molecule has 0 radical (unpaired) electrons. The molecule has 2 amide bonds. The van der Waals surface area contributed by atoms with E-state index in [4.69, 9.17) is 21.1 Å². The Balaban J connectivity index is 1.67. The van der Waals surface area contributed by atoms with Crippen molar-refractivity contribution in [2.45, 2.75) is 24.7 Å². The van der Waals surface area contributed by atoms with Crippen LogP contribution in [0.4, 0.5) is 5.69 Å². The molecule has 0 aliphatic heterocycles. The molecule has 1 aromatic heterocycles. The van der Waals surface area contributed by atoms with E-state index >= 15 is 0 Å². The van der Waals surface area contributed by atoms with Gasteiger partial charge in [-0.05, 0) is 49.4 Å². The average molecular weight is 516 g/mol. The highest BCUT2D eigenvalue weighted by Crippen LogP contribution is 2.28. The first kappa shape index (κ1) is 26.1. The Kier molecular flexibility index (Phi) is 9.16. The van der Waals surface area contributed by atoms with Gasteiger partial charge in [-0.3, -0.25) is 9.59 Å². The number of hydrogen-bond acceptors (Lipinski definition) is 7. The summed E-state index contributed by atoms with van der Waals surface area (Å²) in [4.78, 5) is 25.2. The molecule has 184 valence electrons. The van der Waals surface area contributed by atoms with Crippen LogP contribution in [0, 0.1) is 0 Å². The molecule has 3 rings (SSSR count). The normalized spacial score (nSPS) is 11.4. The summed E-state index contributed by atoms with van der Waals surface area (Å²) in [6.07, 6.45) is 1.70. The van der Waals surface area contributed by atoms with Crippen molar-refractivity contribution in [3.8, 4) is 11.5 Å². The third-order valence-electron chi connectivity index (χ3n) is 4.91. The Bertz CT molecular complexity index is 1200. The maximum absolute atomic E-state index is 12.7. The van der Waals surface area contributed by atoms with Crippen LogP contribution in [0.2, 0.25) is 5.02 Å². The predicted octanol–water partition coefficient (Wildman–Crippen LogP) is 4.36. The SMILES string of the molecule is C=CCn1c(SCC(=O)Nc2cc(Cl)ccc2OC)nnc1[C@@H](C)NC(=O)c1ccc(OC)cc1. The molecular formula is C24H26ClN5O4S. The van der Waals surface area contributed by atoms with Crippen LogP contribution in [0.5, 0.6) is 11.5 Å². The maximum atomic E-state index is 12.7. The molecule has 0 aliphatic carbocycles. The van der Waals surface area contributed by atoms with Gasteiger partial charge in [-0.25, -0.2) is 0 Å². The lowest BCUT2D eigenvalue weighted by Crippen LogP contribution is -2.28. The van der Waals surface area contributed by atoms with Gasteiger partial charge < -0.3 is 24.7 Å². The topological polar surface area (TPSA) is 107 Å². The van der Waals surface area contributed by atoms with Gasteiger partial charge in [0.05, 0.1) is 31.7 Å². The van der Waals surface area contributed by atoms with Crippen molar-refractivity contribution in [1.29, 1.82) is 0 Å². The number of rotatable bonds is 11. The molecule has 3 aromatic rings. The van der Waals surface area contributed by atoms with Crippen LogP contribution in [-0.2, 0) is 11.3 Å². The van der Waals surface area contributed by atoms with E-state index in [9.17, 15) is 9.59 Å². The van der Waals surface area contributed by atoms with E-state index in [0.717, 1.165) is 0 Å². The molecule has 1 heterocycles. The van der Waals surface area contributed by atoms with Crippen molar-refractivity contribution in [2.75, 3.05) is 25.3 Å². The number of ether oxygens (including phenoxy) is 2. The first-order chi connectivity index (χ1) is 16.9. The van der Waals surface area contributed by atoms with Crippen LogP contribution < -0.4 is 20.1 Å². The lowest BCUT2D eigenvalue weighted by Gasteiger charge is -2.15. The number of hydrogen-bond donors (Lipinski definition) is 2. The van der Waals surface area contributed by atoms with E-state index in [1.165, 1.54) is 18.9 Å². The van der Waals surface area contributed by atoms with Crippen molar-refractivity contribution in [1.82, 2.24) is 20.1 Å². The van der Waals surface area contributed by atoms with E-state index in [1.54, 1.807) is 55.7 Å². The van der Waals surface area contributed by atoms with E-state index in [1.807, 2.05) is 11.5 Å².